The Hall–Kier alpha value is -0.890. The first-order valence-electron chi connectivity index (χ1n) is 7.05. The SMILES string of the molecule is CCCCC(CC)CC(=O)C1(OC)C=CC=C1C. The Bertz CT molecular complexity index is 341. The molecule has 0 bridgehead atoms. The number of rotatable bonds is 8. The van der Waals surface area contributed by atoms with Gasteiger partial charge in [-0.15, -0.1) is 0 Å². The number of Topliss-reactive ketones (excluding diaryl/α,β-unsaturated/α-hetero) is 1. The summed E-state index contributed by atoms with van der Waals surface area (Å²) < 4.78 is 5.52. The van der Waals surface area contributed by atoms with Crippen LogP contribution in [-0.4, -0.2) is 18.5 Å². The van der Waals surface area contributed by atoms with Gasteiger partial charge in [-0.25, -0.2) is 0 Å². The predicted molar refractivity (Wildman–Crippen MR) is 75.6 cm³/mol. The van der Waals surface area contributed by atoms with Gasteiger partial charge in [0.25, 0.3) is 0 Å². The maximum atomic E-state index is 12.5. The van der Waals surface area contributed by atoms with Crippen molar-refractivity contribution in [1.29, 1.82) is 0 Å². The Morgan fingerprint density at radius 3 is 2.61 bits per heavy atom. The summed E-state index contributed by atoms with van der Waals surface area (Å²) in [6.07, 6.45) is 11.0. The van der Waals surface area contributed by atoms with E-state index in [4.69, 9.17) is 4.74 Å². The van der Waals surface area contributed by atoms with Crippen molar-refractivity contribution in [2.45, 2.75) is 58.5 Å². The number of methoxy groups -OCH3 is 1. The molecule has 0 amide bonds. The van der Waals surface area contributed by atoms with E-state index in [1.54, 1.807) is 7.11 Å². The smallest absolute Gasteiger partial charge is 0.173 e. The second-order valence-electron chi connectivity index (χ2n) is 5.19. The second kappa shape index (κ2) is 6.89. The number of hydrogen-bond acceptors (Lipinski definition) is 2. The van der Waals surface area contributed by atoms with Crippen LogP contribution in [0, 0.1) is 5.92 Å². The van der Waals surface area contributed by atoms with Crippen molar-refractivity contribution in [2.75, 3.05) is 7.11 Å². The van der Waals surface area contributed by atoms with E-state index < -0.39 is 5.60 Å². The molecule has 0 aliphatic heterocycles. The van der Waals surface area contributed by atoms with E-state index in [1.807, 2.05) is 25.2 Å². The second-order valence-corrected chi connectivity index (χ2v) is 5.19. The van der Waals surface area contributed by atoms with Crippen molar-refractivity contribution in [3.8, 4) is 0 Å². The van der Waals surface area contributed by atoms with Crippen LogP contribution in [0.5, 0.6) is 0 Å². The van der Waals surface area contributed by atoms with Crippen LogP contribution in [0.3, 0.4) is 0 Å². The van der Waals surface area contributed by atoms with E-state index in [2.05, 4.69) is 13.8 Å². The predicted octanol–water partition coefficient (Wildman–Crippen LogP) is 4.06. The molecule has 2 atom stereocenters. The summed E-state index contributed by atoms with van der Waals surface area (Å²) in [5.41, 5.74) is 0.222. The van der Waals surface area contributed by atoms with Crippen LogP contribution < -0.4 is 0 Å². The van der Waals surface area contributed by atoms with Gasteiger partial charge in [0.05, 0.1) is 0 Å². The minimum Gasteiger partial charge on any atom is -0.362 e. The van der Waals surface area contributed by atoms with Crippen LogP contribution in [0.4, 0.5) is 0 Å². The molecule has 1 aliphatic carbocycles. The molecular weight excluding hydrogens is 224 g/mol. The highest BCUT2D eigenvalue weighted by Gasteiger charge is 2.39. The topological polar surface area (TPSA) is 26.3 Å². The lowest BCUT2D eigenvalue weighted by Gasteiger charge is -2.28. The summed E-state index contributed by atoms with van der Waals surface area (Å²) in [6.45, 7) is 6.33. The number of ketones is 1. The third-order valence-electron chi connectivity index (χ3n) is 4.02. The van der Waals surface area contributed by atoms with Gasteiger partial charge in [0.15, 0.2) is 11.4 Å². The normalized spacial score (nSPS) is 24.1. The fourth-order valence-electron chi connectivity index (χ4n) is 2.60. The minimum absolute atomic E-state index is 0.204. The summed E-state index contributed by atoms with van der Waals surface area (Å²) in [6, 6.07) is 0. The molecule has 0 heterocycles. The number of carbonyl (C=O) groups excluding carboxylic acids is 1. The van der Waals surface area contributed by atoms with Crippen molar-refractivity contribution in [3.05, 3.63) is 23.8 Å². The lowest BCUT2D eigenvalue weighted by atomic mass is 9.84. The molecule has 2 heteroatoms. The van der Waals surface area contributed by atoms with Crippen molar-refractivity contribution >= 4 is 5.78 Å². The average molecular weight is 250 g/mol. The molecule has 0 aromatic rings. The summed E-state index contributed by atoms with van der Waals surface area (Å²) >= 11 is 0. The molecule has 0 spiro atoms. The van der Waals surface area contributed by atoms with Gasteiger partial charge >= 0.3 is 0 Å². The van der Waals surface area contributed by atoms with Gasteiger partial charge in [-0.2, -0.15) is 0 Å². The molecule has 0 saturated carbocycles. The van der Waals surface area contributed by atoms with Gasteiger partial charge < -0.3 is 4.74 Å². The van der Waals surface area contributed by atoms with E-state index in [9.17, 15) is 4.79 Å². The lowest BCUT2D eigenvalue weighted by molar-refractivity contribution is -0.133. The molecule has 2 nitrogen and oxygen atoms in total. The molecule has 0 aromatic carbocycles. The number of ether oxygens (including phenoxy) is 1. The van der Waals surface area contributed by atoms with Crippen molar-refractivity contribution in [1.82, 2.24) is 0 Å². The molecule has 2 unspecified atom stereocenters. The molecule has 1 aliphatic rings. The Morgan fingerprint density at radius 1 is 1.44 bits per heavy atom. The number of hydrogen-bond donors (Lipinski definition) is 0. The number of carbonyl (C=O) groups is 1. The standard InChI is InChI=1S/C16H26O2/c1-5-7-10-14(6-2)12-15(17)16(18-4)11-8-9-13(16)3/h8-9,11,14H,5-7,10,12H2,1-4H3. The summed E-state index contributed by atoms with van der Waals surface area (Å²) in [7, 11) is 1.62. The van der Waals surface area contributed by atoms with Gasteiger partial charge in [0.2, 0.25) is 0 Å². The molecular formula is C16H26O2. The Kier molecular flexibility index (Phi) is 5.80. The van der Waals surface area contributed by atoms with E-state index in [0.717, 1.165) is 18.4 Å². The summed E-state index contributed by atoms with van der Waals surface area (Å²) in [4.78, 5) is 12.5. The fourth-order valence-corrected chi connectivity index (χ4v) is 2.60. The number of unbranched alkanes of at least 4 members (excludes halogenated alkanes) is 1. The Labute approximate surface area is 111 Å². The van der Waals surface area contributed by atoms with Gasteiger partial charge in [0, 0.05) is 13.5 Å². The minimum atomic E-state index is -0.778. The Balaban J connectivity index is 2.68. The zero-order valence-electron chi connectivity index (χ0n) is 12.2. The molecule has 0 radical (unpaired) electrons. The van der Waals surface area contributed by atoms with Crippen LogP contribution in [0.1, 0.15) is 52.9 Å². The third kappa shape index (κ3) is 3.11. The molecule has 1 rings (SSSR count). The first-order valence-corrected chi connectivity index (χ1v) is 7.05. The largest absolute Gasteiger partial charge is 0.362 e. The van der Waals surface area contributed by atoms with Crippen LogP contribution in [0.25, 0.3) is 0 Å². The van der Waals surface area contributed by atoms with Gasteiger partial charge in [-0.1, -0.05) is 51.7 Å². The fraction of sp³-hybridized carbons (Fsp3) is 0.688. The van der Waals surface area contributed by atoms with Crippen molar-refractivity contribution < 1.29 is 9.53 Å². The molecule has 18 heavy (non-hydrogen) atoms. The highest BCUT2D eigenvalue weighted by Crippen LogP contribution is 2.32. The molecule has 102 valence electrons. The molecule has 0 aromatic heterocycles. The maximum Gasteiger partial charge on any atom is 0.173 e. The first kappa shape index (κ1) is 15.2. The first-order chi connectivity index (χ1) is 8.60. The van der Waals surface area contributed by atoms with E-state index >= 15 is 0 Å². The van der Waals surface area contributed by atoms with E-state index in [0.29, 0.717) is 12.3 Å². The monoisotopic (exact) mass is 250 g/mol. The summed E-state index contributed by atoms with van der Waals surface area (Å²) in [5, 5.41) is 0. The highest BCUT2D eigenvalue weighted by atomic mass is 16.5. The van der Waals surface area contributed by atoms with Crippen molar-refractivity contribution in [3.63, 3.8) is 0 Å². The van der Waals surface area contributed by atoms with Gasteiger partial charge in [-0.3, -0.25) is 4.79 Å². The molecule has 0 N–H and O–H groups in total. The summed E-state index contributed by atoms with van der Waals surface area (Å²) in [5.74, 6) is 0.696. The van der Waals surface area contributed by atoms with Crippen LogP contribution in [-0.2, 0) is 9.53 Å². The maximum absolute atomic E-state index is 12.5. The average Bonchev–Trinajstić information content (AvgIpc) is 2.76. The number of allylic oxidation sites excluding steroid dienone is 2. The third-order valence-corrected chi connectivity index (χ3v) is 4.02. The Morgan fingerprint density at radius 2 is 2.17 bits per heavy atom. The van der Waals surface area contributed by atoms with Crippen LogP contribution in [0.15, 0.2) is 23.8 Å². The quantitative estimate of drug-likeness (QED) is 0.649. The van der Waals surface area contributed by atoms with Gasteiger partial charge in [-0.05, 0) is 24.5 Å². The lowest BCUT2D eigenvalue weighted by Crippen LogP contribution is -2.39. The van der Waals surface area contributed by atoms with Crippen LogP contribution >= 0.6 is 0 Å². The zero-order valence-corrected chi connectivity index (χ0v) is 12.2. The van der Waals surface area contributed by atoms with Crippen molar-refractivity contribution in [2.24, 2.45) is 5.92 Å². The van der Waals surface area contributed by atoms with E-state index in [1.165, 1.54) is 12.8 Å². The van der Waals surface area contributed by atoms with E-state index in [-0.39, 0.29) is 5.78 Å². The van der Waals surface area contributed by atoms with Crippen LogP contribution in [0.2, 0.25) is 0 Å². The molecule has 0 saturated heterocycles. The zero-order chi connectivity index (χ0) is 13.6. The van der Waals surface area contributed by atoms with Gasteiger partial charge in [0.1, 0.15) is 0 Å². The molecule has 0 fully saturated rings. The highest BCUT2D eigenvalue weighted by molar-refractivity contribution is 5.94.